The normalized spacial score (nSPS) is 10.9. The quantitative estimate of drug-likeness (QED) is 0.423. The third kappa shape index (κ3) is 3.77. The lowest BCUT2D eigenvalue weighted by atomic mass is 10.0. The first kappa shape index (κ1) is 19.4. The van der Waals surface area contributed by atoms with Crippen molar-refractivity contribution in [1.29, 1.82) is 0 Å². The number of pyridine rings is 1. The summed E-state index contributed by atoms with van der Waals surface area (Å²) in [6.07, 6.45) is 1.75. The van der Waals surface area contributed by atoms with Gasteiger partial charge in [0.05, 0.1) is 23.1 Å². The Morgan fingerprint density at radius 3 is 2.56 bits per heavy atom. The molecule has 0 radical (unpaired) electrons. The SMILES string of the molecule is NC(=O)c1cc(-c2nc(NCc3ccccn3)c3c(-c4ccccc4)cccc3n2)no1. The largest absolute Gasteiger partial charge is 0.364 e. The molecule has 8 nitrogen and oxygen atoms in total. The molecule has 0 aliphatic carbocycles. The van der Waals surface area contributed by atoms with Crippen LogP contribution in [0, 0.1) is 0 Å². The van der Waals surface area contributed by atoms with E-state index in [0.29, 0.717) is 23.9 Å². The lowest BCUT2D eigenvalue weighted by molar-refractivity contribution is 0.0965. The van der Waals surface area contributed by atoms with E-state index in [0.717, 1.165) is 27.7 Å². The monoisotopic (exact) mass is 422 g/mol. The van der Waals surface area contributed by atoms with Gasteiger partial charge in [0.15, 0.2) is 11.5 Å². The lowest BCUT2D eigenvalue weighted by Crippen LogP contribution is -2.09. The van der Waals surface area contributed by atoms with Crippen LogP contribution in [0.2, 0.25) is 0 Å². The minimum absolute atomic E-state index is 0.0512. The molecule has 0 unspecified atom stereocenters. The topological polar surface area (TPSA) is 120 Å². The van der Waals surface area contributed by atoms with E-state index >= 15 is 0 Å². The van der Waals surface area contributed by atoms with Gasteiger partial charge in [-0.1, -0.05) is 53.7 Å². The van der Waals surface area contributed by atoms with Crippen LogP contribution in [0.25, 0.3) is 33.5 Å². The number of nitrogens with one attached hydrogen (secondary N) is 1. The predicted octanol–water partition coefficient (Wildman–Crippen LogP) is 4.06. The zero-order chi connectivity index (χ0) is 21.9. The number of rotatable bonds is 6. The molecule has 0 saturated heterocycles. The van der Waals surface area contributed by atoms with Gasteiger partial charge in [-0.25, -0.2) is 9.97 Å². The third-order valence-corrected chi connectivity index (χ3v) is 4.95. The van der Waals surface area contributed by atoms with E-state index in [2.05, 4.69) is 20.4 Å². The second-order valence-corrected chi connectivity index (χ2v) is 7.08. The summed E-state index contributed by atoms with van der Waals surface area (Å²) < 4.78 is 5.02. The number of benzene rings is 2. The van der Waals surface area contributed by atoms with Crippen molar-refractivity contribution in [1.82, 2.24) is 20.1 Å². The zero-order valence-corrected chi connectivity index (χ0v) is 16.9. The van der Waals surface area contributed by atoms with Crippen LogP contribution in [0.3, 0.4) is 0 Å². The zero-order valence-electron chi connectivity index (χ0n) is 16.9. The van der Waals surface area contributed by atoms with Crippen molar-refractivity contribution in [3.05, 3.63) is 90.4 Å². The first-order chi connectivity index (χ1) is 15.7. The highest BCUT2D eigenvalue weighted by Crippen LogP contribution is 2.34. The summed E-state index contributed by atoms with van der Waals surface area (Å²) in [7, 11) is 0. The average Bonchev–Trinajstić information content (AvgIpc) is 3.34. The van der Waals surface area contributed by atoms with Crippen LogP contribution in [-0.2, 0) is 6.54 Å². The van der Waals surface area contributed by atoms with Gasteiger partial charge in [-0.15, -0.1) is 0 Å². The van der Waals surface area contributed by atoms with E-state index in [-0.39, 0.29) is 5.76 Å². The maximum absolute atomic E-state index is 11.4. The summed E-state index contributed by atoms with van der Waals surface area (Å²) in [5.41, 5.74) is 9.26. The average molecular weight is 422 g/mol. The molecule has 0 aliphatic rings. The number of aromatic nitrogens is 4. The molecule has 8 heteroatoms. The number of hydrogen-bond donors (Lipinski definition) is 2. The second-order valence-electron chi connectivity index (χ2n) is 7.08. The summed E-state index contributed by atoms with van der Waals surface area (Å²) in [5.74, 6) is 0.190. The van der Waals surface area contributed by atoms with E-state index in [1.165, 1.54) is 6.07 Å². The molecule has 5 aromatic rings. The number of anilines is 1. The highest BCUT2D eigenvalue weighted by atomic mass is 16.5. The molecule has 3 heterocycles. The van der Waals surface area contributed by atoms with Crippen LogP contribution in [0.4, 0.5) is 5.82 Å². The number of carbonyl (C=O) groups is 1. The molecule has 5 rings (SSSR count). The highest BCUT2D eigenvalue weighted by Gasteiger charge is 2.18. The summed E-state index contributed by atoms with van der Waals surface area (Å²) in [5, 5.41) is 8.18. The van der Waals surface area contributed by atoms with Crippen LogP contribution in [-0.4, -0.2) is 26.0 Å². The van der Waals surface area contributed by atoms with E-state index in [9.17, 15) is 4.79 Å². The Labute approximate surface area is 183 Å². The highest BCUT2D eigenvalue weighted by molar-refractivity contribution is 6.02. The van der Waals surface area contributed by atoms with Gasteiger partial charge in [0.1, 0.15) is 5.82 Å². The van der Waals surface area contributed by atoms with Crippen LogP contribution in [0.15, 0.2) is 83.5 Å². The molecule has 0 spiro atoms. The molecule has 1 amide bonds. The molecule has 3 aromatic heterocycles. The summed E-state index contributed by atoms with van der Waals surface area (Å²) in [6.45, 7) is 0.473. The van der Waals surface area contributed by atoms with Gasteiger partial charge in [0, 0.05) is 12.3 Å². The van der Waals surface area contributed by atoms with Crippen LogP contribution < -0.4 is 11.1 Å². The van der Waals surface area contributed by atoms with Crippen molar-refractivity contribution in [2.24, 2.45) is 5.73 Å². The first-order valence-electron chi connectivity index (χ1n) is 9.96. The Hall–Kier alpha value is -4.59. The minimum Gasteiger partial charge on any atom is -0.364 e. The third-order valence-electron chi connectivity index (χ3n) is 4.95. The Morgan fingerprint density at radius 1 is 0.969 bits per heavy atom. The number of hydrogen-bond acceptors (Lipinski definition) is 7. The molecule has 0 saturated carbocycles. The van der Waals surface area contributed by atoms with Crippen molar-refractivity contribution in [2.75, 3.05) is 5.32 Å². The molecule has 3 N–H and O–H groups in total. The van der Waals surface area contributed by atoms with Crippen LogP contribution >= 0.6 is 0 Å². The summed E-state index contributed by atoms with van der Waals surface area (Å²) >= 11 is 0. The number of carbonyl (C=O) groups excluding carboxylic acids is 1. The van der Waals surface area contributed by atoms with Crippen LogP contribution in [0.5, 0.6) is 0 Å². The number of primary amides is 1. The van der Waals surface area contributed by atoms with Crippen molar-refractivity contribution in [3.8, 4) is 22.6 Å². The molecular weight excluding hydrogens is 404 g/mol. The van der Waals surface area contributed by atoms with Gasteiger partial charge in [-0.2, -0.15) is 0 Å². The lowest BCUT2D eigenvalue weighted by Gasteiger charge is -2.13. The van der Waals surface area contributed by atoms with Crippen molar-refractivity contribution in [2.45, 2.75) is 6.54 Å². The van der Waals surface area contributed by atoms with Crippen molar-refractivity contribution >= 4 is 22.6 Å². The Kier molecular flexibility index (Phi) is 5.01. The van der Waals surface area contributed by atoms with Gasteiger partial charge in [0.25, 0.3) is 5.91 Å². The molecule has 32 heavy (non-hydrogen) atoms. The number of nitrogens with two attached hydrogens (primary N) is 1. The molecule has 0 atom stereocenters. The Balaban J connectivity index is 1.66. The number of nitrogens with zero attached hydrogens (tertiary/aromatic N) is 4. The van der Waals surface area contributed by atoms with Gasteiger partial charge < -0.3 is 15.6 Å². The van der Waals surface area contributed by atoms with E-state index in [4.69, 9.17) is 15.2 Å². The van der Waals surface area contributed by atoms with Crippen molar-refractivity contribution in [3.63, 3.8) is 0 Å². The molecule has 156 valence electrons. The summed E-state index contributed by atoms with van der Waals surface area (Å²) in [6, 6.07) is 23.1. The van der Waals surface area contributed by atoms with Gasteiger partial charge in [-0.3, -0.25) is 9.78 Å². The molecule has 0 fully saturated rings. The Bertz CT molecular complexity index is 1400. The maximum atomic E-state index is 11.4. The molecule has 0 bridgehead atoms. The van der Waals surface area contributed by atoms with Gasteiger partial charge in [0.2, 0.25) is 5.76 Å². The Morgan fingerprint density at radius 2 is 1.81 bits per heavy atom. The van der Waals surface area contributed by atoms with E-state index < -0.39 is 5.91 Å². The fourth-order valence-corrected chi connectivity index (χ4v) is 3.46. The molecule has 0 aliphatic heterocycles. The fourth-order valence-electron chi connectivity index (χ4n) is 3.46. The number of fused-ring (bicyclic) bond motifs is 1. The van der Waals surface area contributed by atoms with Crippen molar-refractivity contribution < 1.29 is 9.32 Å². The maximum Gasteiger partial charge on any atom is 0.287 e. The minimum atomic E-state index is -0.704. The first-order valence-corrected chi connectivity index (χ1v) is 9.96. The fraction of sp³-hybridized carbons (Fsp3) is 0.0417. The summed E-state index contributed by atoms with van der Waals surface area (Å²) in [4.78, 5) is 25.2. The van der Waals surface area contributed by atoms with Crippen LogP contribution in [0.1, 0.15) is 16.2 Å². The predicted molar refractivity (Wildman–Crippen MR) is 121 cm³/mol. The van der Waals surface area contributed by atoms with Gasteiger partial charge >= 0.3 is 0 Å². The standard InChI is InChI=1S/C24H18N6O2/c25-22(31)20-13-19(30-32-20)23-28-18-11-6-10-17(15-7-2-1-3-8-15)21(18)24(29-23)27-14-16-9-4-5-12-26-16/h1-13H,14H2,(H2,25,31)(H,27,28,29). The van der Waals surface area contributed by atoms with E-state index in [1.807, 2.05) is 66.7 Å². The smallest absolute Gasteiger partial charge is 0.287 e. The van der Waals surface area contributed by atoms with Gasteiger partial charge in [-0.05, 0) is 29.3 Å². The number of amides is 1. The molecule has 2 aromatic carbocycles. The van der Waals surface area contributed by atoms with E-state index in [1.54, 1.807) is 6.20 Å². The molecular formula is C24H18N6O2. The second kappa shape index (κ2) is 8.27.